The third-order valence-electron chi connectivity index (χ3n) is 3.32. The highest BCUT2D eigenvalue weighted by Crippen LogP contribution is 2.31. The number of benzene rings is 2. The Labute approximate surface area is 135 Å². The predicted octanol–water partition coefficient (Wildman–Crippen LogP) is 5.88. The summed E-state index contributed by atoms with van der Waals surface area (Å²) >= 11 is 1.41. The fourth-order valence-corrected chi connectivity index (χ4v) is 2.79. The van der Waals surface area contributed by atoms with E-state index < -0.39 is 11.7 Å². The van der Waals surface area contributed by atoms with E-state index in [-0.39, 0.29) is 0 Å². The smallest absolute Gasteiger partial charge is 0.332 e. The predicted molar refractivity (Wildman–Crippen MR) is 87.0 cm³/mol. The summed E-state index contributed by atoms with van der Waals surface area (Å²) in [5.41, 5.74) is 2.93. The van der Waals surface area contributed by atoms with Crippen LogP contribution in [0.25, 0.3) is 11.3 Å². The fourth-order valence-electron chi connectivity index (χ4n) is 2.05. The Bertz CT molecular complexity index is 790. The number of hydrogen-bond acceptors (Lipinski definition) is 3. The van der Waals surface area contributed by atoms with Gasteiger partial charge in [-0.15, -0.1) is 11.3 Å². The summed E-state index contributed by atoms with van der Waals surface area (Å²) in [5.74, 6) is 0. The Morgan fingerprint density at radius 1 is 0.957 bits per heavy atom. The largest absolute Gasteiger partial charge is 0.416 e. The van der Waals surface area contributed by atoms with Crippen LogP contribution in [0.2, 0.25) is 0 Å². The zero-order chi connectivity index (χ0) is 16.4. The number of nitrogens with one attached hydrogen (secondary N) is 1. The lowest BCUT2D eigenvalue weighted by Gasteiger charge is -2.07. The molecule has 1 aromatic heterocycles. The minimum Gasteiger partial charge on any atom is -0.332 e. The van der Waals surface area contributed by atoms with Gasteiger partial charge in [-0.25, -0.2) is 4.98 Å². The van der Waals surface area contributed by atoms with Crippen LogP contribution < -0.4 is 5.32 Å². The number of alkyl halides is 3. The van der Waals surface area contributed by atoms with Crippen molar-refractivity contribution < 1.29 is 13.2 Å². The van der Waals surface area contributed by atoms with E-state index in [1.54, 1.807) is 0 Å². The molecule has 2 aromatic carbocycles. The molecule has 0 aliphatic carbocycles. The number of nitrogens with zero attached hydrogens (tertiary/aromatic N) is 1. The van der Waals surface area contributed by atoms with Gasteiger partial charge in [-0.3, -0.25) is 0 Å². The average molecular weight is 334 g/mol. The van der Waals surface area contributed by atoms with E-state index in [0.29, 0.717) is 10.8 Å². The van der Waals surface area contributed by atoms with Crippen LogP contribution in [-0.4, -0.2) is 4.98 Å². The molecule has 0 atom stereocenters. The van der Waals surface area contributed by atoms with Crippen molar-refractivity contribution in [2.75, 3.05) is 5.32 Å². The molecule has 6 heteroatoms. The minimum atomic E-state index is -4.32. The molecule has 0 saturated heterocycles. The lowest BCUT2D eigenvalue weighted by atomic mass is 10.1. The molecule has 0 saturated carbocycles. The Hall–Kier alpha value is -2.34. The summed E-state index contributed by atoms with van der Waals surface area (Å²) in [6.45, 7) is 2.02. The summed E-state index contributed by atoms with van der Waals surface area (Å²) in [7, 11) is 0. The molecule has 0 spiro atoms. The molecule has 3 aromatic rings. The first-order valence-corrected chi connectivity index (χ1v) is 7.77. The zero-order valence-corrected chi connectivity index (χ0v) is 13.0. The van der Waals surface area contributed by atoms with Crippen molar-refractivity contribution in [2.24, 2.45) is 0 Å². The standard InChI is InChI=1S/C17H13F3N2S/c1-11-2-4-12(5-3-11)15-10-23-16(22-15)21-14-8-6-13(7-9-14)17(18,19)20/h2-10H,1H3,(H,21,22). The zero-order valence-electron chi connectivity index (χ0n) is 12.2. The van der Waals surface area contributed by atoms with Crippen molar-refractivity contribution in [3.05, 3.63) is 65.0 Å². The molecule has 0 fully saturated rings. The molecule has 0 aliphatic heterocycles. The minimum absolute atomic E-state index is 0.572. The molecule has 1 heterocycles. The highest BCUT2D eigenvalue weighted by atomic mass is 32.1. The van der Waals surface area contributed by atoms with Crippen LogP contribution in [0.5, 0.6) is 0 Å². The molecule has 23 heavy (non-hydrogen) atoms. The van der Waals surface area contributed by atoms with Gasteiger partial charge in [0.15, 0.2) is 5.13 Å². The SMILES string of the molecule is Cc1ccc(-c2csc(Nc3ccc(C(F)(F)F)cc3)n2)cc1. The number of anilines is 2. The molecule has 0 amide bonds. The molecule has 1 N–H and O–H groups in total. The first-order chi connectivity index (χ1) is 10.9. The first-order valence-electron chi connectivity index (χ1n) is 6.89. The number of hydrogen-bond donors (Lipinski definition) is 1. The highest BCUT2D eigenvalue weighted by molar-refractivity contribution is 7.14. The second-order valence-corrected chi connectivity index (χ2v) is 5.96. The summed E-state index contributed by atoms with van der Waals surface area (Å²) in [4.78, 5) is 4.46. The second kappa shape index (κ2) is 6.04. The van der Waals surface area contributed by atoms with Crippen molar-refractivity contribution in [3.63, 3.8) is 0 Å². The van der Waals surface area contributed by atoms with Gasteiger partial charge in [-0.2, -0.15) is 13.2 Å². The maximum atomic E-state index is 12.5. The second-order valence-electron chi connectivity index (χ2n) is 5.10. The van der Waals surface area contributed by atoms with Crippen LogP contribution in [0.4, 0.5) is 24.0 Å². The number of halogens is 3. The van der Waals surface area contributed by atoms with E-state index in [9.17, 15) is 13.2 Å². The molecule has 2 nitrogen and oxygen atoms in total. The molecule has 0 radical (unpaired) electrons. The van der Waals surface area contributed by atoms with Gasteiger partial charge >= 0.3 is 6.18 Å². The van der Waals surface area contributed by atoms with E-state index in [4.69, 9.17) is 0 Å². The number of aromatic nitrogens is 1. The summed E-state index contributed by atoms with van der Waals surface area (Å²) in [6, 6.07) is 12.9. The maximum Gasteiger partial charge on any atom is 0.416 e. The van der Waals surface area contributed by atoms with E-state index in [1.807, 2.05) is 36.6 Å². The third kappa shape index (κ3) is 3.71. The van der Waals surface area contributed by atoms with Gasteiger partial charge in [-0.05, 0) is 31.2 Å². The van der Waals surface area contributed by atoms with Crippen molar-refractivity contribution in [2.45, 2.75) is 13.1 Å². The van der Waals surface area contributed by atoms with Crippen molar-refractivity contribution >= 4 is 22.2 Å². The van der Waals surface area contributed by atoms with Gasteiger partial charge in [0.05, 0.1) is 11.3 Å². The molecule has 0 aliphatic rings. The van der Waals surface area contributed by atoms with E-state index in [2.05, 4.69) is 10.3 Å². The third-order valence-corrected chi connectivity index (χ3v) is 4.07. The first kappa shape index (κ1) is 15.6. The number of aryl methyl sites for hydroxylation is 1. The molecule has 118 valence electrons. The Balaban J connectivity index is 1.75. The fraction of sp³-hybridized carbons (Fsp3) is 0.118. The van der Waals surface area contributed by atoms with Crippen LogP contribution in [0, 0.1) is 6.92 Å². The lowest BCUT2D eigenvalue weighted by Crippen LogP contribution is -2.04. The Kier molecular flexibility index (Phi) is 4.09. The summed E-state index contributed by atoms with van der Waals surface area (Å²) < 4.78 is 37.6. The van der Waals surface area contributed by atoms with Crippen LogP contribution in [0.15, 0.2) is 53.9 Å². The van der Waals surface area contributed by atoms with Crippen molar-refractivity contribution in [3.8, 4) is 11.3 Å². The topological polar surface area (TPSA) is 24.9 Å². The van der Waals surface area contributed by atoms with E-state index in [0.717, 1.165) is 23.4 Å². The number of thiazole rings is 1. The van der Waals surface area contributed by atoms with Crippen LogP contribution in [0.3, 0.4) is 0 Å². The normalized spacial score (nSPS) is 11.5. The van der Waals surface area contributed by atoms with Gasteiger partial charge < -0.3 is 5.32 Å². The van der Waals surface area contributed by atoms with Gasteiger partial charge in [0.2, 0.25) is 0 Å². The Morgan fingerprint density at radius 2 is 1.61 bits per heavy atom. The molecular formula is C17H13F3N2S. The van der Waals surface area contributed by atoms with Gasteiger partial charge in [0.1, 0.15) is 0 Å². The Morgan fingerprint density at radius 3 is 2.22 bits per heavy atom. The average Bonchev–Trinajstić information content (AvgIpc) is 2.96. The lowest BCUT2D eigenvalue weighted by molar-refractivity contribution is -0.137. The van der Waals surface area contributed by atoms with Gasteiger partial charge in [0, 0.05) is 16.6 Å². The summed E-state index contributed by atoms with van der Waals surface area (Å²) in [6.07, 6.45) is -4.32. The molecule has 3 rings (SSSR count). The van der Waals surface area contributed by atoms with Crippen molar-refractivity contribution in [1.82, 2.24) is 4.98 Å². The molecule has 0 unspecified atom stereocenters. The van der Waals surface area contributed by atoms with E-state index >= 15 is 0 Å². The highest BCUT2D eigenvalue weighted by Gasteiger charge is 2.29. The molecule has 0 bridgehead atoms. The van der Waals surface area contributed by atoms with Gasteiger partial charge in [0.25, 0.3) is 0 Å². The van der Waals surface area contributed by atoms with Crippen LogP contribution in [-0.2, 0) is 6.18 Å². The quantitative estimate of drug-likeness (QED) is 0.647. The molecular weight excluding hydrogens is 321 g/mol. The maximum absolute atomic E-state index is 12.5. The number of rotatable bonds is 3. The van der Waals surface area contributed by atoms with Gasteiger partial charge in [-0.1, -0.05) is 29.8 Å². The van der Waals surface area contributed by atoms with Crippen LogP contribution in [0.1, 0.15) is 11.1 Å². The van der Waals surface area contributed by atoms with Crippen molar-refractivity contribution in [1.29, 1.82) is 0 Å². The monoisotopic (exact) mass is 334 g/mol. The van der Waals surface area contributed by atoms with Crippen LogP contribution >= 0.6 is 11.3 Å². The summed E-state index contributed by atoms with van der Waals surface area (Å²) in [5, 5.41) is 5.58. The van der Waals surface area contributed by atoms with E-state index in [1.165, 1.54) is 29.0 Å².